The summed E-state index contributed by atoms with van der Waals surface area (Å²) in [6.45, 7) is 0.291. The van der Waals surface area contributed by atoms with E-state index in [0.717, 1.165) is 5.56 Å². The van der Waals surface area contributed by atoms with E-state index in [4.69, 9.17) is 39.5 Å². The first-order chi connectivity index (χ1) is 9.08. The van der Waals surface area contributed by atoms with Crippen LogP contribution in [-0.2, 0) is 6.61 Å². The van der Waals surface area contributed by atoms with Crippen molar-refractivity contribution in [3.63, 3.8) is 0 Å². The molecule has 0 fully saturated rings. The summed E-state index contributed by atoms with van der Waals surface area (Å²) in [7, 11) is 0. The van der Waals surface area contributed by atoms with Crippen molar-refractivity contribution in [1.82, 2.24) is 0 Å². The molecule has 0 saturated heterocycles. The average Bonchev–Trinajstić information content (AvgIpc) is 2.38. The Morgan fingerprint density at radius 1 is 1.11 bits per heavy atom. The van der Waals surface area contributed by atoms with Gasteiger partial charge in [0.1, 0.15) is 6.61 Å². The molecule has 0 heterocycles. The lowest BCUT2D eigenvalue weighted by Crippen LogP contribution is -2.01. The van der Waals surface area contributed by atoms with Crippen LogP contribution in [0.25, 0.3) is 0 Å². The normalized spacial score (nSPS) is 10.3. The van der Waals surface area contributed by atoms with Crippen LogP contribution in [0.4, 0.5) is 0 Å². The Morgan fingerprint density at radius 3 is 2.42 bits per heavy atom. The van der Waals surface area contributed by atoms with E-state index in [1.165, 1.54) is 12.1 Å². The largest absolute Gasteiger partial charge is 0.487 e. The Balaban J connectivity index is 2.27. The SMILES string of the molecule is O=C(Cl)c1cc(Cl)cc(Cl)c1OCc1ccccc1. The van der Waals surface area contributed by atoms with Gasteiger partial charge in [-0.05, 0) is 29.3 Å². The highest BCUT2D eigenvalue weighted by Gasteiger charge is 2.15. The van der Waals surface area contributed by atoms with E-state index in [9.17, 15) is 4.79 Å². The Kier molecular flexibility index (Phi) is 4.70. The van der Waals surface area contributed by atoms with Gasteiger partial charge in [0, 0.05) is 5.02 Å². The highest BCUT2D eigenvalue weighted by Crippen LogP contribution is 2.33. The zero-order valence-corrected chi connectivity index (χ0v) is 12.0. The van der Waals surface area contributed by atoms with Crippen LogP contribution in [0, 0.1) is 0 Å². The number of benzene rings is 2. The monoisotopic (exact) mass is 314 g/mol. The molecule has 2 nitrogen and oxygen atoms in total. The maximum Gasteiger partial charge on any atom is 0.256 e. The van der Waals surface area contributed by atoms with Gasteiger partial charge in [-0.25, -0.2) is 0 Å². The number of carbonyl (C=O) groups excluding carboxylic acids is 1. The van der Waals surface area contributed by atoms with Gasteiger partial charge in [0.15, 0.2) is 5.75 Å². The minimum absolute atomic E-state index is 0.162. The summed E-state index contributed by atoms with van der Waals surface area (Å²) in [4.78, 5) is 11.4. The Hall–Kier alpha value is -1.22. The van der Waals surface area contributed by atoms with E-state index in [2.05, 4.69) is 0 Å². The molecule has 5 heteroatoms. The molecule has 98 valence electrons. The number of ether oxygens (including phenoxy) is 1. The van der Waals surface area contributed by atoms with Crippen molar-refractivity contribution in [3.8, 4) is 5.75 Å². The van der Waals surface area contributed by atoms with E-state index < -0.39 is 5.24 Å². The minimum Gasteiger partial charge on any atom is -0.487 e. The van der Waals surface area contributed by atoms with Crippen LogP contribution in [0.15, 0.2) is 42.5 Å². The fourth-order valence-corrected chi connectivity index (χ4v) is 2.27. The van der Waals surface area contributed by atoms with Gasteiger partial charge in [0.25, 0.3) is 5.24 Å². The Labute approximate surface area is 125 Å². The molecule has 0 atom stereocenters. The maximum atomic E-state index is 11.4. The quantitative estimate of drug-likeness (QED) is 0.746. The van der Waals surface area contributed by atoms with Gasteiger partial charge in [-0.3, -0.25) is 4.79 Å². The highest BCUT2D eigenvalue weighted by atomic mass is 35.5. The second-order valence-electron chi connectivity index (χ2n) is 3.81. The molecule has 2 rings (SSSR count). The number of halogens is 3. The number of hydrogen-bond donors (Lipinski definition) is 0. The van der Waals surface area contributed by atoms with Gasteiger partial charge < -0.3 is 4.74 Å². The molecule has 0 bridgehead atoms. The summed E-state index contributed by atoms with van der Waals surface area (Å²) in [5, 5.41) is -0.0686. The third-order valence-electron chi connectivity index (χ3n) is 2.45. The molecule has 0 amide bonds. The van der Waals surface area contributed by atoms with Crippen LogP contribution in [-0.4, -0.2) is 5.24 Å². The fourth-order valence-electron chi connectivity index (χ4n) is 1.58. The summed E-state index contributed by atoms with van der Waals surface area (Å²) >= 11 is 17.4. The van der Waals surface area contributed by atoms with Crippen LogP contribution in [0.5, 0.6) is 5.75 Å². The molecule has 0 spiro atoms. The third-order valence-corrected chi connectivity index (χ3v) is 3.15. The van der Waals surface area contributed by atoms with Crippen molar-refractivity contribution >= 4 is 40.0 Å². The number of carbonyl (C=O) groups is 1. The first kappa shape index (κ1) is 14.2. The van der Waals surface area contributed by atoms with Crippen molar-refractivity contribution in [2.75, 3.05) is 0 Å². The molecular weight excluding hydrogens is 307 g/mol. The fraction of sp³-hybridized carbons (Fsp3) is 0.0714. The molecular formula is C14H9Cl3O2. The van der Waals surface area contributed by atoms with E-state index in [-0.39, 0.29) is 16.3 Å². The average molecular weight is 316 g/mol. The summed E-state index contributed by atoms with van der Waals surface area (Å²) in [5.74, 6) is 0.245. The molecule has 0 radical (unpaired) electrons. The maximum absolute atomic E-state index is 11.4. The van der Waals surface area contributed by atoms with E-state index in [0.29, 0.717) is 11.6 Å². The molecule has 0 aliphatic heterocycles. The van der Waals surface area contributed by atoms with Crippen LogP contribution in [0.3, 0.4) is 0 Å². The summed E-state index contributed by atoms with van der Waals surface area (Å²) in [5.41, 5.74) is 1.12. The van der Waals surface area contributed by atoms with Gasteiger partial charge in [0.05, 0.1) is 10.6 Å². The zero-order chi connectivity index (χ0) is 13.8. The summed E-state index contributed by atoms with van der Waals surface area (Å²) < 4.78 is 5.57. The number of hydrogen-bond acceptors (Lipinski definition) is 2. The van der Waals surface area contributed by atoms with Crippen molar-refractivity contribution in [1.29, 1.82) is 0 Å². The van der Waals surface area contributed by atoms with Crippen LogP contribution >= 0.6 is 34.8 Å². The Bertz CT molecular complexity index is 597. The predicted octanol–water partition coefficient (Wildman–Crippen LogP) is 4.95. The van der Waals surface area contributed by atoms with Gasteiger partial charge in [0.2, 0.25) is 0 Å². The zero-order valence-electron chi connectivity index (χ0n) is 9.70. The second kappa shape index (κ2) is 6.29. The topological polar surface area (TPSA) is 26.3 Å². The van der Waals surface area contributed by atoms with Crippen molar-refractivity contribution in [3.05, 3.63) is 63.6 Å². The van der Waals surface area contributed by atoms with Crippen LogP contribution in [0.2, 0.25) is 10.0 Å². The van der Waals surface area contributed by atoms with Crippen LogP contribution < -0.4 is 4.74 Å². The Morgan fingerprint density at radius 2 is 1.79 bits per heavy atom. The summed E-state index contributed by atoms with van der Waals surface area (Å²) in [6.07, 6.45) is 0. The lowest BCUT2D eigenvalue weighted by molar-refractivity contribution is 0.107. The smallest absolute Gasteiger partial charge is 0.256 e. The van der Waals surface area contributed by atoms with E-state index in [1.807, 2.05) is 30.3 Å². The molecule has 0 aliphatic carbocycles. The van der Waals surface area contributed by atoms with E-state index in [1.54, 1.807) is 0 Å². The van der Waals surface area contributed by atoms with Gasteiger partial charge in [-0.1, -0.05) is 53.5 Å². The number of rotatable bonds is 4. The second-order valence-corrected chi connectivity index (χ2v) is 5.00. The standard InChI is InChI=1S/C14H9Cl3O2/c15-10-6-11(14(17)18)13(12(16)7-10)19-8-9-4-2-1-3-5-9/h1-7H,8H2. The third kappa shape index (κ3) is 3.63. The molecule has 0 unspecified atom stereocenters. The van der Waals surface area contributed by atoms with Gasteiger partial charge in [-0.15, -0.1) is 0 Å². The van der Waals surface area contributed by atoms with Crippen molar-refractivity contribution in [2.45, 2.75) is 6.61 Å². The lowest BCUT2D eigenvalue weighted by Gasteiger charge is -2.11. The lowest BCUT2D eigenvalue weighted by atomic mass is 10.2. The van der Waals surface area contributed by atoms with Gasteiger partial charge >= 0.3 is 0 Å². The minimum atomic E-state index is -0.660. The molecule has 0 N–H and O–H groups in total. The molecule has 2 aromatic rings. The van der Waals surface area contributed by atoms with E-state index >= 15 is 0 Å². The first-order valence-electron chi connectivity index (χ1n) is 5.43. The molecule has 2 aromatic carbocycles. The molecule has 0 aromatic heterocycles. The highest BCUT2D eigenvalue weighted by molar-refractivity contribution is 6.68. The predicted molar refractivity (Wildman–Crippen MR) is 77.4 cm³/mol. The first-order valence-corrected chi connectivity index (χ1v) is 6.57. The summed E-state index contributed by atoms with van der Waals surface area (Å²) in [6, 6.07) is 12.5. The molecule has 19 heavy (non-hydrogen) atoms. The molecule has 0 aliphatic rings. The van der Waals surface area contributed by atoms with Crippen molar-refractivity contribution < 1.29 is 9.53 Å². The molecule has 0 saturated carbocycles. The van der Waals surface area contributed by atoms with Crippen LogP contribution in [0.1, 0.15) is 15.9 Å². The van der Waals surface area contributed by atoms with Crippen molar-refractivity contribution in [2.24, 2.45) is 0 Å². The van der Waals surface area contributed by atoms with Gasteiger partial charge in [-0.2, -0.15) is 0 Å².